The van der Waals surface area contributed by atoms with Gasteiger partial charge in [0.25, 0.3) is 0 Å². The SMILES string of the molecule is C=C(NC)C(NC(CCc1ccc(C(F)(F)F)nc1)c1ccc(C)c(C)c1)c1ccccc1. The number of hydrogen-bond donors (Lipinski definition) is 2. The number of pyridine rings is 1. The summed E-state index contributed by atoms with van der Waals surface area (Å²) in [7, 11) is 1.85. The van der Waals surface area contributed by atoms with Crippen LogP contribution in [-0.2, 0) is 12.6 Å². The minimum Gasteiger partial charge on any atom is -0.390 e. The van der Waals surface area contributed by atoms with Crippen LogP contribution in [0.3, 0.4) is 0 Å². The van der Waals surface area contributed by atoms with Gasteiger partial charge in [-0.3, -0.25) is 10.3 Å². The molecule has 1 heterocycles. The number of aryl methyl sites for hydroxylation is 3. The second kappa shape index (κ2) is 10.7. The van der Waals surface area contributed by atoms with Crippen molar-refractivity contribution in [1.29, 1.82) is 0 Å². The fraction of sp³-hybridized carbons (Fsp3) is 0.296. The van der Waals surface area contributed by atoms with Crippen LogP contribution in [0.5, 0.6) is 0 Å². The lowest BCUT2D eigenvalue weighted by molar-refractivity contribution is -0.141. The molecule has 3 aromatic rings. The highest BCUT2D eigenvalue weighted by Crippen LogP contribution is 2.30. The first-order valence-electron chi connectivity index (χ1n) is 11.0. The molecule has 0 saturated carbocycles. The Hall–Kier alpha value is -3.12. The fourth-order valence-electron chi connectivity index (χ4n) is 3.77. The number of rotatable bonds is 9. The third kappa shape index (κ3) is 6.45. The van der Waals surface area contributed by atoms with Crippen LogP contribution in [0.1, 0.15) is 52.0 Å². The lowest BCUT2D eigenvalue weighted by Crippen LogP contribution is -2.31. The summed E-state index contributed by atoms with van der Waals surface area (Å²) in [6.07, 6.45) is -1.83. The molecule has 0 radical (unpaired) electrons. The normalized spacial score (nSPS) is 13.4. The van der Waals surface area contributed by atoms with Crippen molar-refractivity contribution < 1.29 is 13.2 Å². The molecule has 0 fully saturated rings. The monoisotopic (exact) mass is 453 g/mol. The minimum absolute atomic E-state index is 0.0399. The van der Waals surface area contributed by atoms with Gasteiger partial charge < -0.3 is 5.32 Å². The second-order valence-corrected chi connectivity index (χ2v) is 8.27. The Labute approximate surface area is 193 Å². The van der Waals surface area contributed by atoms with Crippen molar-refractivity contribution in [2.24, 2.45) is 0 Å². The molecule has 3 rings (SSSR count). The maximum absolute atomic E-state index is 12.9. The van der Waals surface area contributed by atoms with E-state index in [1.807, 2.05) is 25.2 Å². The lowest BCUT2D eigenvalue weighted by Gasteiger charge is -2.28. The van der Waals surface area contributed by atoms with Crippen LogP contribution in [0, 0.1) is 13.8 Å². The Morgan fingerprint density at radius 3 is 2.27 bits per heavy atom. The van der Waals surface area contributed by atoms with E-state index in [0.29, 0.717) is 12.8 Å². The van der Waals surface area contributed by atoms with Gasteiger partial charge in [0.2, 0.25) is 0 Å². The summed E-state index contributed by atoms with van der Waals surface area (Å²) in [6, 6.07) is 18.8. The molecule has 3 nitrogen and oxygen atoms in total. The topological polar surface area (TPSA) is 37.0 Å². The van der Waals surface area contributed by atoms with Gasteiger partial charge in [0, 0.05) is 25.0 Å². The van der Waals surface area contributed by atoms with Gasteiger partial charge in [0.05, 0.1) is 6.04 Å². The molecule has 6 heteroatoms. The van der Waals surface area contributed by atoms with Crippen molar-refractivity contribution in [3.8, 4) is 0 Å². The van der Waals surface area contributed by atoms with Crippen molar-refractivity contribution >= 4 is 0 Å². The Bertz CT molecular complexity index is 1060. The van der Waals surface area contributed by atoms with E-state index in [9.17, 15) is 13.2 Å². The van der Waals surface area contributed by atoms with Crippen LogP contribution in [0.4, 0.5) is 13.2 Å². The zero-order valence-electron chi connectivity index (χ0n) is 19.2. The number of halogens is 3. The Kier molecular flexibility index (Phi) is 7.92. The Morgan fingerprint density at radius 2 is 1.70 bits per heavy atom. The van der Waals surface area contributed by atoms with Crippen molar-refractivity contribution in [3.63, 3.8) is 0 Å². The molecule has 0 aliphatic rings. The van der Waals surface area contributed by atoms with Gasteiger partial charge in [-0.1, -0.05) is 61.2 Å². The number of hydrogen-bond acceptors (Lipinski definition) is 3. The highest BCUT2D eigenvalue weighted by atomic mass is 19.4. The zero-order valence-corrected chi connectivity index (χ0v) is 19.2. The molecule has 0 spiro atoms. The van der Waals surface area contributed by atoms with Crippen LogP contribution in [0.15, 0.2) is 79.1 Å². The largest absolute Gasteiger partial charge is 0.433 e. The molecule has 33 heavy (non-hydrogen) atoms. The van der Waals surface area contributed by atoms with Gasteiger partial charge >= 0.3 is 6.18 Å². The molecule has 174 valence electrons. The Morgan fingerprint density at radius 1 is 0.970 bits per heavy atom. The first-order chi connectivity index (χ1) is 15.7. The molecule has 0 aliphatic carbocycles. The summed E-state index contributed by atoms with van der Waals surface area (Å²) in [5.41, 5.74) is 5.35. The van der Waals surface area contributed by atoms with Gasteiger partial charge in [-0.25, -0.2) is 0 Å². The molecule has 2 N–H and O–H groups in total. The van der Waals surface area contributed by atoms with Crippen molar-refractivity contribution in [1.82, 2.24) is 15.6 Å². The van der Waals surface area contributed by atoms with E-state index in [2.05, 4.69) is 66.4 Å². The van der Waals surface area contributed by atoms with Gasteiger partial charge in [-0.15, -0.1) is 0 Å². The molecule has 0 saturated heterocycles. The first kappa shape index (κ1) is 24.5. The van der Waals surface area contributed by atoms with Crippen LogP contribution < -0.4 is 10.6 Å². The van der Waals surface area contributed by atoms with Crippen LogP contribution >= 0.6 is 0 Å². The predicted octanol–water partition coefficient (Wildman–Crippen LogP) is 6.46. The van der Waals surface area contributed by atoms with Crippen molar-refractivity contribution in [3.05, 3.63) is 113 Å². The molecule has 0 amide bonds. The van der Waals surface area contributed by atoms with E-state index >= 15 is 0 Å². The number of likely N-dealkylation sites (N-methyl/N-ethyl adjacent to an activating group) is 1. The van der Waals surface area contributed by atoms with Crippen LogP contribution in [0.2, 0.25) is 0 Å². The highest BCUT2D eigenvalue weighted by molar-refractivity contribution is 5.33. The molecule has 0 aliphatic heterocycles. The van der Waals surface area contributed by atoms with E-state index in [1.165, 1.54) is 23.4 Å². The van der Waals surface area contributed by atoms with E-state index in [1.54, 1.807) is 0 Å². The zero-order chi connectivity index (χ0) is 24.0. The van der Waals surface area contributed by atoms with E-state index in [4.69, 9.17) is 0 Å². The number of alkyl halides is 3. The second-order valence-electron chi connectivity index (χ2n) is 8.27. The summed E-state index contributed by atoms with van der Waals surface area (Å²) in [5.74, 6) is 0. The molecule has 1 aromatic heterocycles. The summed E-state index contributed by atoms with van der Waals surface area (Å²) in [6.45, 7) is 8.34. The van der Waals surface area contributed by atoms with Gasteiger partial charge in [-0.2, -0.15) is 13.2 Å². The quantitative estimate of drug-likeness (QED) is 0.391. The molecular formula is C27H30F3N3. The third-order valence-electron chi connectivity index (χ3n) is 5.94. The summed E-state index contributed by atoms with van der Waals surface area (Å²) < 4.78 is 38.6. The van der Waals surface area contributed by atoms with Crippen LogP contribution in [0.25, 0.3) is 0 Å². The highest BCUT2D eigenvalue weighted by Gasteiger charge is 2.32. The smallest absolute Gasteiger partial charge is 0.390 e. The number of nitrogens with one attached hydrogen (secondary N) is 2. The minimum atomic E-state index is -4.43. The maximum Gasteiger partial charge on any atom is 0.433 e. The van der Waals surface area contributed by atoms with Gasteiger partial charge in [0.15, 0.2) is 0 Å². The van der Waals surface area contributed by atoms with Crippen LogP contribution in [-0.4, -0.2) is 12.0 Å². The average molecular weight is 454 g/mol. The lowest BCUT2D eigenvalue weighted by atomic mass is 9.94. The summed E-state index contributed by atoms with van der Waals surface area (Å²) >= 11 is 0. The van der Waals surface area contributed by atoms with E-state index in [0.717, 1.165) is 28.5 Å². The fourth-order valence-corrected chi connectivity index (χ4v) is 3.77. The third-order valence-corrected chi connectivity index (χ3v) is 5.94. The van der Waals surface area contributed by atoms with Gasteiger partial charge in [-0.05, 0) is 60.6 Å². The van der Waals surface area contributed by atoms with E-state index < -0.39 is 11.9 Å². The molecule has 2 atom stereocenters. The first-order valence-corrected chi connectivity index (χ1v) is 11.0. The Balaban J connectivity index is 1.87. The van der Waals surface area contributed by atoms with Crippen molar-refractivity contribution in [2.75, 3.05) is 7.05 Å². The van der Waals surface area contributed by atoms with Gasteiger partial charge in [0.1, 0.15) is 5.69 Å². The number of benzene rings is 2. The number of nitrogens with zero attached hydrogens (tertiary/aromatic N) is 1. The maximum atomic E-state index is 12.9. The predicted molar refractivity (Wildman–Crippen MR) is 127 cm³/mol. The average Bonchev–Trinajstić information content (AvgIpc) is 2.81. The summed E-state index contributed by atoms with van der Waals surface area (Å²) in [4.78, 5) is 3.61. The standard InChI is InChI=1S/C27H30F3N3/c1-18-10-13-23(16-19(18)2)24(14-11-21-12-15-25(32-17-21)27(28,29)30)33-26(20(3)31-4)22-8-6-5-7-9-22/h5-10,12-13,15-17,24,26,31,33H,3,11,14H2,1-2,4H3. The van der Waals surface area contributed by atoms with Crippen molar-refractivity contribution in [2.45, 2.75) is 44.9 Å². The summed E-state index contributed by atoms with van der Waals surface area (Å²) in [5, 5.41) is 6.89. The molecule has 2 aromatic carbocycles. The van der Waals surface area contributed by atoms with E-state index in [-0.39, 0.29) is 12.1 Å². The molecule has 0 bridgehead atoms. The number of aromatic nitrogens is 1. The molecular weight excluding hydrogens is 423 g/mol. The molecule has 2 unspecified atom stereocenters.